The smallest absolute Gasteiger partial charge is 0.341 e. The van der Waals surface area contributed by atoms with Gasteiger partial charge in [-0.25, -0.2) is 9.07 Å². The maximum atomic E-state index is 14.5. The van der Waals surface area contributed by atoms with Gasteiger partial charge in [0.2, 0.25) is 5.82 Å². The molecule has 0 unspecified atom stereocenters. The Labute approximate surface area is 179 Å². The summed E-state index contributed by atoms with van der Waals surface area (Å²) in [6.07, 6.45) is -0.228. The van der Waals surface area contributed by atoms with E-state index in [4.69, 9.17) is 0 Å². The molecule has 32 heavy (non-hydrogen) atoms. The Morgan fingerprint density at radius 1 is 1.19 bits per heavy atom. The molecular formula is C20H19F4N7O. The highest BCUT2D eigenvalue weighted by Crippen LogP contribution is 2.40. The third-order valence-corrected chi connectivity index (χ3v) is 5.70. The van der Waals surface area contributed by atoms with Gasteiger partial charge in [-0.05, 0) is 37.8 Å². The topological polar surface area (TPSA) is 90.5 Å². The molecule has 0 bridgehead atoms. The molecule has 1 aliphatic carbocycles. The van der Waals surface area contributed by atoms with Crippen LogP contribution in [0.15, 0.2) is 18.3 Å². The van der Waals surface area contributed by atoms with Crippen molar-refractivity contribution in [2.75, 3.05) is 0 Å². The van der Waals surface area contributed by atoms with E-state index in [0.717, 1.165) is 23.2 Å². The first-order chi connectivity index (χ1) is 15.2. The van der Waals surface area contributed by atoms with Crippen LogP contribution in [0.25, 0.3) is 11.3 Å². The molecule has 0 spiro atoms. The summed E-state index contributed by atoms with van der Waals surface area (Å²) in [5, 5.41) is 10.5. The summed E-state index contributed by atoms with van der Waals surface area (Å²) < 4.78 is 55.6. The molecule has 0 saturated heterocycles. The number of nitrogens with one attached hydrogen (secondary N) is 1. The number of alkyl halides is 3. The van der Waals surface area contributed by atoms with Crippen molar-refractivity contribution in [3.05, 3.63) is 47.2 Å². The van der Waals surface area contributed by atoms with E-state index in [0.29, 0.717) is 42.3 Å². The molecule has 8 nitrogen and oxygen atoms in total. The molecule has 4 heterocycles. The lowest BCUT2D eigenvalue weighted by Gasteiger charge is -2.24. The molecule has 0 aromatic carbocycles. The van der Waals surface area contributed by atoms with Gasteiger partial charge in [-0.15, -0.1) is 5.10 Å². The molecule has 1 N–H and O–H groups in total. The maximum absolute atomic E-state index is 14.5. The molecule has 12 heteroatoms. The van der Waals surface area contributed by atoms with Gasteiger partial charge in [0.05, 0.1) is 23.6 Å². The first kappa shape index (κ1) is 20.6. The Morgan fingerprint density at radius 3 is 2.66 bits per heavy atom. The Balaban J connectivity index is 1.41. The van der Waals surface area contributed by atoms with Gasteiger partial charge in [0.15, 0.2) is 5.82 Å². The Kier molecular flexibility index (Phi) is 4.75. The number of carbonyl (C=O) groups is 1. The van der Waals surface area contributed by atoms with E-state index in [1.807, 2.05) is 0 Å². The van der Waals surface area contributed by atoms with Crippen molar-refractivity contribution in [2.24, 2.45) is 7.05 Å². The summed E-state index contributed by atoms with van der Waals surface area (Å²) in [4.78, 5) is 20.1. The molecule has 1 atom stereocenters. The molecule has 1 saturated carbocycles. The van der Waals surface area contributed by atoms with Gasteiger partial charge in [0.25, 0.3) is 11.7 Å². The minimum absolute atomic E-state index is 0.344. The van der Waals surface area contributed by atoms with Gasteiger partial charge >= 0.3 is 6.18 Å². The standard InChI is InChI=1S/C20H19F4N7O/c1-30-17(27-19(29-30)20(22,23)24)18(32)26-13-3-2-6-31-16(13)8-15(28-31)11-7-14(10-4-5-10)25-9-12(11)21/h7-10,13H,2-6H2,1H3,(H,26,32)/t13-/m0/s1. The van der Waals surface area contributed by atoms with E-state index in [9.17, 15) is 22.4 Å². The number of nitrogens with zero attached hydrogens (tertiary/aromatic N) is 6. The number of fused-ring (bicyclic) bond motifs is 1. The van der Waals surface area contributed by atoms with E-state index in [1.165, 1.54) is 13.2 Å². The highest BCUT2D eigenvalue weighted by molar-refractivity contribution is 5.91. The van der Waals surface area contributed by atoms with Crippen LogP contribution < -0.4 is 5.32 Å². The van der Waals surface area contributed by atoms with Gasteiger partial charge in [-0.3, -0.25) is 14.5 Å². The van der Waals surface area contributed by atoms with Gasteiger partial charge in [-0.1, -0.05) is 0 Å². The van der Waals surface area contributed by atoms with Gasteiger partial charge in [-0.2, -0.15) is 23.3 Å². The number of aromatic nitrogens is 6. The minimum Gasteiger partial charge on any atom is -0.341 e. The molecule has 1 fully saturated rings. The maximum Gasteiger partial charge on any atom is 0.453 e. The predicted molar refractivity (Wildman–Crippen MR) is 103 cm³/mol. The zero-order valence-electron chi connectivity index (χ0n) is 17.0. The fourth-order valence-corrected chi connectivity index (χ4v) is 3.94. The molecule has 1 amide bonds. The number of hydrogen-bond donors (Lipinski definition) is 1. The Hall–Kier alpha value is -3.31. The lowest BCUT2D eigenvalue weighted by atomic mass is 10.0. The van der Waals surface area contributed by atoms with E-state index in [-0.39, 0.29) is 0 Å². The van der Waals surface area contributed by atoms with Gasteiger partial charge in [0, 0.05) is 30.8 Å². The average Bonchev–Trinajstić information content (AvgIpc) is 3.35. The highest BCUT2D eigenvalue weighted by atomic mass is 19.4. The van der Waals surface area contributed by atoms with Crippen LogP contribution in [-0.4, -0.2) is 35.4 Å². The highest BCUT2D eigenvalue weighted by Gasteiger charge is 2.38. The molecule has 1 aliphatic heterocycles. The third kappa shape index (κ3) is 3.73. The van der Waals surface area contributed by atoms with Crippen LogP contribution in [0.1, 0.15) is 65.5 Å². The number of rotatable bonds is 4. The van der Waals surface area contributed by atoms with Crippen LogP contribution in [0.4, 0.5) is 17.6 Å². The number of amides is 1. The van der Waals surface area contributed by atoms with E-state index < -0.39 is 35.6 Å². The second-order valence-electron chi connectivity index (χ2n) is 8.09. The van der Waals surface area contributed by atoms with Crippen molar-refractivity contribution in [1.82, 2.24) is 34.8 Å². The van der Waals surface area contributed by atoms with Crippen LogP contribution >= 0.6 is 0 Å². The molecule has 2 aliphatic rings. The monoisotopic (exact) mass is 449 g/mol. The van der Waals surface area contributed by atoms with Gasteiger partial charge < -0.3 is 5.32 Å². The second-order valence-corrected chi connectivity index (χ2v) is 8.09. The van der Waals surface area contributed by atoms with Crippen molar-refractivity contribution >= 4 is 5.91 Å². The van der Waals surface area contributed by atoms with Crippen LogP contribution in [0.2, 0.25) is 0 Å². The fraction of sp³-hybridized carbons (Fsp3) is 0.450. The van der Waals surface area contributed by atoms with Gasteiger partial charge in [0.1, 0.15) is 0 Å². The fourth-order valence-electron chi connectivity index (χ4n) is 3.94. The molecule has 3 aromatic rings. The molecule has 0 radical (unpaired) electrons. The van der Waals surface area contributed by atoms with Crippen molar-refractivity contribution in [2.45, 2.75) is 50.4 Å². The number of aryl methyl sites for hydroxylation is 2. The predicted octanol–water partition coefficient (Wildman–Crippen LogP) is 3.37. The van der Waals surface area contributed by atoms with Crippen LogP contribution in [0.3, 0.4) is 0 Å². The summed E-state index contributed by atoms with van der Waals surface area (Å²) in [5.41, 5.74) is 2.26. The second kappa shape index (κ2) is 7.38. The van der Waals surface area contributed by atoms with E-state index >= 15 is 0 Å². The van der Waals surface area contributed by atoms with Crippen molar-refractivity contribution in [1.29, 1.82) is 0 Å². The van der Waals surface area contributed by atoms with Crippen molar-refractivity contribution in [3.63, 3.8) is 0 Å². The lowest BCUT2D eigenvalue weighted by molar-refractivity contribution is -0.144. The van der Waals surface area contributed by atoms with Crippen LogP contribution in [0.5, 0.6) is 0 Å². The molecule has 5 rings (SSSR count). The number of pyridine rings is 1. The summed E-state index contributed by atoms with van der Waals surface area (Å²) in [6.45, 7) is 0.589. The Morgan fingerprint density at radius 2 is 1.97 bits per heavy atom. The zero-order chi connectivity index (χ0) is 22.6. The summed E-state index contributed by atoms with van der Waals surface area (Å²) >= 11 is 0. The zero-order valence-corrected chi connectivity index (χ0v) is 17.0. The first-order valence-electron chi connectivity index (χ1n) is 10.2. The van der Waals surface area contributed by atoms with E-state index in [1.54, 1.807) is 16.8 Å². The van der Waals surface area contributed by atoms with Crippen LogP contribution in [0, 0.1) is 5.82 Å². The minimum atomic E-state index is -4.75. The summed E-state index contributed by atoms with van der Waals surface area (Å²) in [7, 11) is 1.23. The summed E-state index contributed by atoms with van der Waals surface area (Å²) in [5.74, 6) is -2.72. The SMILES string of the molecule is Cn1nc(C(F)(F)F)nc1C(=O)N[C@H]1CCCn2nc(-c3cc(C4CC4)ncc3F)cc21. The number of carbonyl (C=O) groups excluding carboxylic acids is 1. The average molecular weight is 449 g/mol. The lowest BCUT2D eigenvalue weighted by Crippen LogP contribution is -2.34. The molecule has 3 aromatic heterocycles. The van der Waals surface area contributed by atoms with Crippen molar-refractivity contribution < 1.29 is 22.4 Å². The molecule has 168 valence electrons. The summed E-state index contributed by atoms with van der Waals surface area (Å²) in [6, 6.07) is 2.92. The largest absolute Gasteiger partial charge is 0.453 e. The quantitative estimate of drug-likeness (QED) is 0.617. The molecular weight excluding hydrogens is 430 g/mol. The Bertz CT molecular complexity index is 1200. The number of hydrogen-bond acceptors (Lipinski definition) is 5. The normalized spacial score (nSPS) is 18.5. The first-order valence-corrected chi connectivity index (χ1v) is 10.2. The number of halogens is 4. The van der Waals surface area contributed by atoms with Crippen LogP contribution in [-0.2, 0) is 19.8 Å². The third-order valence-electron chi connectivity index (χ3n) is 5.70. The van der Waals surface area contributed by atoms with Crippen molar-refractivity contribution in [3.8, 4) is 11.3 Å². The van der Waals surface area contributed by atoms with E-state index in [2.05, 4.69) is 25.5 Å².